The normalized spacial score (nSPS) is 20.0. The Bertz CT molecular complexity index is 1360. The molecule has 56 heavy (non-hydrogen) atoms. The van der Waals surface area contributed by atoms with Gasteiger partial charge in [0.1, 0.15) is 11.2 Å². The predicted octanol–water partition coefficient (Wildman–Crippen LogP) is 7.71. The fraction of sp³-hybridized carbons (Fsp3) is 0.810. The van der Waals surface area contributed by atoms with E-state index in [-0.39, 0.29) is 24.6 Å². The Morgan fingerprint density at radius 2 is 1.05 bits per heavy atom. The molecule has 2 saturated heterocycles. The van der Waals surface area contributed by atoms with E-state index in [1.807, 2.05) is 41.5 Å². The van der Waals surface area contributed by atoms with Crippen molar-refractivity contribution in [1.29, 1.82) is 0 Å². The maximum atomic E-state index is 13.4. The lowest BCUT2D eigenvalue weighted by molar-refractivity contribution is -0.173. The molecule has 322 valence electrons. The number of cyclic esters (lactones) is 2. The van der Waals surface area contributed by atoms with Gasteiger partial charge < -0.3 is 37.9 Å². The lowest BCUT2D eigenvalue weighted by Gasteiger charge is -2.41. The minimum atomic E-state index is -1.06. The molecule has 0 radical (unpaired) electrons. The van der Waals surface area contributed by atoms with Gasteiger partial charge in [0, 0.05) is 46.7 Å². The first-order valence-electron chi connectivity index (χ1n) is 19.5. The van der Waals surface area contributed by atoms with Crippen molar-refractivity contribution in [2.24, 2.45) is 21.7 Å². The van der Waals surface area contributed by atoms with Crippen molar-refractivity contribution in [1.82, 2.24) is 0 Å². The van der Waals surface area contributed by atoms with Crippen LogP contribution in [-0.4, -0.2) is 110 Å². The summed E-state index contributed by atoms with van der Waals surface area (Å²) in [6.45, 7) is 33.9. The third-order valence-corrected chi connectivity index (χ3v) is 11.8. The number of carbonyl (C=O) groups is 4. The molecule has 0 saturated carbocycles. The highest BCUT2D eigenvalue weighted by Crippen LogP contribution is 2.46. The lowest BCUT2D eigenvalue weighted by Crippen LogP contribution is -2.43. The topological polar surface area (TPSA) is 142 Å². The summed E-state index contributed by atoms with van der Waals surface area (Å²) in [5.74, 6) is 1.82. The average Bonchev–Trinajstić information content (AvgIpc) is 3.65. The van der Waals surface area contributed by atoms with Crippen LogP contribution in [0, 0.1) is 21.7 Å². The highest BCUT2D eigenvalue weighted by atomic mass is 32.2. The van der Waals surface area contributed by atoms with Crippen molar-refractivity contribution < 1.29 is 57.1 Å². The summed E-state index contributed by atoms with van der Waals surface area (Å²) in [6, 6.07) is 0. The highest BCUT2D eigenvalue weighted by molar-refractivity contribution is 7.99. The van der Waals surface area contributed by atoms with Gasteiger partial charge in [0.25, 0.3) is 0 Å². The lowest BCUT2D eigenvalue weighted by atomic mass is 9.73. The van der Waals surface area contributed by atoms with E-state index in [9.17, 15) is 19.2 Å². The van der Waals surface area contributed by atoms with Gasteiger partial charge in [-0.25, -0.2) is 9.59 Å². The number of thioether (sulfide) groups is 2. The first-order valence-corrected chi connectivity index (χ1v) is 21.8. The molecule has 0 amide bonds. The van der Waals surface area contributed by atoms with Crippen LogP contribution in [0.25, 0.3) is 0 Å². The maximum absolute atomic E-state index is 13.4. The van der Waals surface area contributed by atoms with Crippen molar-refractivity contribution in [3.63, 3.8) is 0 Å². The zero-order chi connectivity index (χ0) is 42.6. The largest absolute Gasteiger partial charge is 0.493 e. The van der Waals surface area contributed by atoms with Crippen molar-refractivity contribution in [3.05, 3.63) is 24.7 Å². The number of esters is 4. The van der Waals surface area contributed by atoms with Crippen LogP contribution in [-0.2, 0) is 57.1 Å². The fourth-order valence-corrected chi connectivity index (χ4v) is 8.51. The van der Waals surface area contributed by atoms with Crippen LogP contribution >= 0.6 is 23.5 Å². The van der Waals surface area contributed by atoms with Crippen LogP contribution in [0.15, 0.2) is 24.7 Å². The molecule has 12 nitrogen and oxygen atoms in total. The second-order valence-corrected chi connectivity index (χ2v) is 20.8. The van der Waals surface area contributed by atoms with E-state index >= 15 is 0 Å². The average molecular weight is 831 g/mol. The molecule has 14 heteroatoms. The number of allylic oxidation sites excluding steroid dienone is 2. The number of rotatable bonds is 25. The Hall–Kier alpha value is -2.42. The van der Waals surface area contributed by atoms with Gasteiger partial charge in [-0.05, 0) is 75.2 Å². The Kier molecular flexibility index (Phi) is 18.7. The SMILES string of the molecule is C=C(OC(C)(C)C)C(C)(C)CC(C)(CSCCOCCOCCSCC(C)(CC(C)(C)C(=O)OC1CCOC1=O)C(=O)OC(C)(C)C)C(=C)OC1CCOC1=O. The molecule has 0 spiro atoms. The molecule has 2 aliphatic rings. The molecular weight excluding hydrogens is 761 g/mol. The number of hydrogen-bond acceptors (Lipinski definition) is 14. The zero-order valence-corrected chi connectivity index (χ0v) is 37.8. The molecule has 2 fully saturated rings. The van der Waals surface area contributed by atoms with Crippen LogP contribution in [0.5, 0.6) is 0 Å². The molecule has 0 aliphatic carbocycles. The molecule has 2 heterocycles. The fourth-order valence-electron chi connectivity index (χ4n) is 6.37. The van der Waals surface area contributed by atoms with Gasteiger partial charge >= 0.3 is 23.9 Å². The summed E-state index contributed by atoms with van der Waals surface area (Å²) in [4.78, 5) is 50.6. The smallest absolute Gasteiger partial charge is 0.347 e. The van der Waals surface area contributed by atoms with E-state index in [0.29, 0.717) is 81.1 Å². The van der Waals surface area contributed by atoms with Crippen LogP contribution in [0.1, 0.15) is 109 Å². The number of hydrogen-bond donors (Lipinski definition) is 0. The monoisotopic (exact) mass is 830 g/mol. The quantitative estimate of drug-likeness (QED) is 0.0384. The molecule has 0 aromatic heterocycles. The number of carbonyl (C=O) groups excluding carboxylic acids is 4. The summed E-state index contributed by atoms with van der Waals surface area (Å²) in [5, 5.41) is 0. The Labute approximate surface area is 344 Å². The van der Waals surface area contributed by atoms with Gasteiger partial charge in [-0.3, -0.25) is 9.59 Å². The molecule has 0 bridgehead atoms. The van der Waals surface area contributed by atoms with E-state index in [1.165, 1.54) is 0 Å². The summed E-state index contributed by atoms with van der Waals surface area (Å²) in [7, 11) is 0. The molecule has 4 unspecified atom stereocenters. The zero-order valence-electron chi connectivity index (χ0n) is 36.2. The second-order valence-electron chi connectivity index (χ2n) is 18.5. The van der Waals surface area contributed by atoms with E-state index in [4.69, 9.17) is 37.9 Å². The highest BCUT2D eigenvalue weighted by Gasteiger charge is 2.46. The van der Waals surface area contributed by atoms with Crippen LogP contribution in [0.4, 0.5) is 0 Å². The van der Waals surface area contributed by atoms with Crippen LogP contribution in [0.3, 0.4) is 0 Å². The molecule has 2 aliphatic heterocycles. The Morgan fingerprint density at radius 3 is 1.50 bits per heavy atom. The third kappa shape index (κ3) is 16.8. The van der Waals surface area contributed by atoms with E-state index in [2.05, 4.69) is 33.9 Å². The summed E-state index contributed by atoms with van der Waals surface area (Å²) >= 11 is 3.27. The molecule has 2 rings (SSSR count). The Morgan fingerprint density at radius 1 is 0.607 bits per heavy atom. The van der Waals surface area contributed by atoms with Gasteiger partial charge in [0.2, 0.25) is 6.10 Å². The van der Waals surface area contributed by atoms with E-state index in [0.717, 1.165) is 5.75 Å². The van der Waals surface area contributed by atoms with Gasteiger partial charge in [0.15, 0.2) is 6.10 Å². The first-order chi connectivity index (χ1) is 25.7. The van der Waals surface area contributed by atoms with Gasteiger partial charge in [-0.1, -0.05) is 33.9 Å². The third-order valence-electron chi connectivity index (χ3n) is 9.23. The summed E-state index contributed by atoms with van der Waals surface area (Å²) in [5.41, 5.74) is -4.03. The van der Waals surface area contributed by atoms with Crippen molar-refractivity contribution in [2.45, 2.75) is 132 Å². The molecule has 0 aromatic carbocycles. The molecule has 0 N–H and O–H groups in total. The summed E-state index contributed by atoms with van der Waals surface area (Å²) in [6.07, 6.45) is 0.0804. The van der Waals surface area contributed by atoms with E-state index < -0.39 is 57.4 Å². The minimum Gasteiger partial charge on any atom is -0.493 e. The van der Waals surface area contributed by atoms with E-state index in [1.54, 1.807) is 44.3 Å². The molecule has 0 aromatic rings. The van der Waals surface area contributed by atoms with Crippen molar-refractivity contribution in [3.8, 4) is 0 Å². The molecule has 4 atom stereocenters. The standard InChI is InChI=1S/C42H70O12S2/c1-29(53-37(3,4)5)39(9,10)25-41(13,30(2)51-31-15-17-49-33(31)43)27-55-23-21-47-19-20-48-22-24-56-28-42(14,36(46)54-38(6,7)8)26-40(11,12)35(45)52-32-16-18-50-34(32)44/h31-32H,1-2,15-28H2,3-14H3. The van der Waals surface area contributed by atoms with Crippen LogP contribution in [0.2, 0.25) is 0 Å². The van der Waals surface area contributed by atoms with Gasteiger partial charge in [-0.2, -0.15) is 23.5 Å². The van der Waals surface area contributed by atoms with Gasteiger partial charge in [-0.15, -0.1) is 0 Å². The maximum Gasteiger partial charge on any atom is 0.347 e. The molecular formula is C42H70O12S2. The van der Waals surface area contributed by atoms with Crippen molar-refractivity contribution in [2.75, 3.05) is 62.7 Å². The van der Waals surface area contributed by atoms with Crippen LogP contribution < -0.4 is 0 Å². The van der Waals surface area contributed by atoms with Gasteiger partial charge in [0.05, 0.1) is 62.0 Å². The number of ether oxygens (including phenoxy) is 8. The summed E-state index contributed by atoms with van der Waals surface area (Å²) < 4.78 is 45.2. The van der Waals surface area contributed by atoms with Crippen molar-refractivity contribution >= 4 is 47.4 Å². The first kappa shape index (κ1) is 49.7. The predicted molar refractivity (Wildman–Crippen MR) is 220 cm³/mol. The second kappa shape index (κ2) is 21.0. The minimum absolute atomic E-state index is 0.170. The Balaban J connectivity index is 1.82.